The second-order valence-corrected chi connectivity index (χ2v) is 8.17. The molecule has 0 saturated carbocycles. The van der Waals surface area contributed by atoms with E-state index in [1.165, 1.54) is 22.4 Å². The van der Waals surface area contributed by atoms with Crippen molar-refractivity contribution in [2.45, 2.75) is 26.7 Å². The summed E-state index contributed by atoms with van der Waals surface area (Å²) < 4.78 is 0. The fourth-order valence-electron chi connectivity index (χ4n) is 3.76. The number of carbonyl (C=O) groups excluding carboxylic acids is 1. The van der Waals surface area contributed by atoms with Gasteiger partial charge in [0.2, 0.25) is 0 Å². The number of pyridine rings is 1. The monoisotopic (exact) mass is 426 g/mol. The van der Waals surface area contributed by atoms with Crippen molar-refractivity contribution in [3.63, 3.8) is 0 Å². The Hall–Kier alpha value is -3.00. The molecule has 3 heterocycles. The number of nitrogens with one attached hydrogen (secondary N) is 1. The molecule has 2 aromatic heterocycles. The van der Waals surface area contributed by atoms with Crippen molar-refractivity contribution < 1.29 is 14.7 Å². The third-order valence-electron chi connectivity index (χ3n) is 5.28. The number of piperidine rings is 1. The third kappa shape index (κ3) is 5.13. The minimum absolute atomic E-state index is 0.00758. The van der Waals surface area contributed by atoms with Crippen molar-refractivity contribution in [1.82, 2.24) is 15.3 Å². The number of benzene rings is 1. The lowest BCUT2D eigenvalue weighted by Gasteiger charge is -2.34. The Balaban J connectivity index is 0.000000806. The standard InChI is InChI=1S/C21H24N4OS.CH2O2/c1-14-11-19(17-5-3-4-6-18(17)24-14)25-9-7-16(8-10-25)12-22-21(26)20-15(2)23-13-27-20;2-1-3/h3-6,11,13,16H,7-10,12H2,1-2H3,(H,22,26);1H,(H,2,3). The van der Waals surface area contributed by atoms with E-state index in [1.54, 1.807) is 5.51 Å². The maximum Gasteiger partial charge on any atom is 0.290 e. The van der Waals surface area contributed by atoms with Crippen LogP contribution >= 0.6 is 11.3 Å². The van der Waals surface area contributed by atoms with E-state index < -0.39 is 0 Å². The number of carboxylic acid groups (broad SMARTS) is 1. The number of anilines is 1. The van der Waals surface area contributed by atoms with E-state index in [0.29, 0.717) is 5.92 Å². The van der Waals surface area contributed by atoms with Crippen molar-refractivity contribution in [2.24, 2.45) is 5.92 Å². The summed E-state index contributed by atoms with van der Waals surface area (Å²) in [6.45, 7) is 6.44. The largest absolute Gasteiger partial charge is 0.483 e. The molecule has 3 aromatic rings. The first kappa shape index (κ1) is 21.7. The molecule has 1 fully saturated rings. The molecule has 1 amide bonds. The lowest BCUT2D eigenvalue weighted by Crippen LogP contribution is -2.38. The molecule has 8 heteroatoms. The molecule has 1 aliphatic rings. The van der Waals surface area contributed by atoms with E-state index in [4.69, 9.17) is 9.90 Å². The molecule has 4 rings (SSSR count). The number of hydrogen-bond donors (Lipinski definition) is 2. The van der Waals surface area contributed by atoms with E-state index in [-0.39, 0.29) is 12.4 Å². The molecule has 0 unspecified atom stereocenters. The first-order chi connectivity index (χ1) is 14.5. The van der Waals surface area contributed by atoms with Crippen LogP contribution in [0.5, 0.6) is 0 Å². The van der Waals surface area contributed by atoms with Gasteiger partial charge in [0.15, 0.2) is 0 Å². The fraction of sp³-hybridized carbons (Fsp3) is 0.364. The molecule has 0 bridgehead atoms. The molecule has 0 radical (unpaired) electrons. The first-order valence-corrected chi connectivity index (χ1v) is 10.8. The minimum atomic E-state index is -0.250. The van der Waals surface area contributed by atoms with Gasteiger partial charge in [0.25, 0.3) is 12.4 Å². The van der Waals surface area contributed by atoms with Crippen LogP contribution in [0.15, 0.2) is 35.8 Å². The quantitative estimate of drug-likeness (QED) is 0.618. The molecule has 1 aliphatic heterocycles. The molecule has 1 aromatic carbocycles. The third-order valence-corrected chi connectivity index (χ3v) is 6.21. The predicted octanol–water partition coefficient (Wildman–Crippen LogP) is 3.66. The summed E-state index contributed by atoms with van der Waals surface area (Å²) in [5.74, 6) is 0.529. The average molecular weight is 427 g/mol. The molecular formula is C22H26N4O3S. The topological polar surface area (TPSA) is 95.4 Å². The number of amides is 1. The van der Waals surface area contributed by atoms with Crippen LogP contribution in [0, 0.1) is 19.8 Å². The number of hydrogen-bond acceptors (Lipinski definition) is 6. The summed E-state index contributed by atoms with van der Waals surface area (Å²) in [7, 11) is 0. The number of aryl methyl sites for hydroxylation is 2. The number of carbonyl (C=O) groups is 2. The van der Waals surface area contributed by atoms with Crippen LogP contribution in [-0.2, 0) is 4.79 Å². The summed E-state index contributed by atoms with van der Waals surface area (Å²) >= 11 is 1.41. The zero-order valence-corrected chi connectivity index (χ0v) is 18.0. The summed E-state index contributed by atoms with van der Waals surface area (Å²) in [5.41, 5.74) is 5.93. The fourth-order valence-corrected chi connectivity index (χ4v) is 4.48. The van der Waals surface area contributed by atoms with Crippen molar-refractivity contribution in [3.8, 4) is 0 Å². The van der Waals surface area contributed by atoms with Gasteiger partial charge >= 0.3 is 0 Å². The van der Waals surface area contributed by atoms with Gasteiger partial charge in [-0.05, 0) is 44.7 Å². The highest BCUT2D eigenvalue weighted by Crippen LogP contribution is 2.30. The van der Waals surface area contributed by atoms with Gasteiger partial charge in [-0.1, -0.05) is 18.2 Å². The van der Waals surface area contributed by atoms with Crippen LogP contribution < -0.4 is 10.2 Å². The van der Waals surface area contributed by atoms with Gasteiger partial charge in [-0.2, -0.15) is 0 Å². The Kier molecular flexibility index (Phi) is 7.35. The lowest BCUT2D eigenvalue weighted by molar-refractivity contribution is -0.122. The second kappa shape index (κ2) is 10.2. The van der Waals surface area contributed by atoms with Gasteiger partial charge in [0.1, 0.15) is 4.88 Å². The van der Waals surface area contributed by atoms with Gasteiger partial charge in [-0.3, -0.25) is 14.6 Å². The van der Waals surface area contributed by atoms with Gasteiger partial charge in [0, 0.05) is 36.4 Å². The zero-order valence-electron chi connectivity index (χ0n) is 17.2. The smallest absolute Gasteiger partial charge is 0.290 e. The predicted molar refractivity (Wildman–Crippen MR) is 119 cm³/mol. The molecule has 158 valence electrons. The summed E-state index contributed by atoms with van der Waals surface area (Å²) in [4.78, 5) is 32.6. The summed E-state index contributed by atoms with van der Waals surface area (Å²) in [6, 6.07) is 10.5. The minimum Gasteiger partial charge on any atom is -0.483 e. The molecule has 30 heavy (non-hydrogen) atoms. The molecule has 0 atom stereocenters. The first-order valence-electron chi connectivity index (χ1n) is 9.91. The highest BCUT2D eigenvalue weighted by molar-refractivity contribution is 7.11. The maximum absolute atomic E-state index is 12.3. The van der Waals surface area contributed by atoms with Crippen molar-refractivity contribution in [3.05, 3.63) is 52.1 Å². The van der Waals surface area contributed by atoms with Gasteiger partial charge in [-0.25, -0.2) is 4.98 Å². The molecular weight excluding hydrogens is 400 g/mol. The van der Waals surface area contributed by atoms with E-state index in [9.17, 15) is 4.79 Å². The Labute approximate surface area is 179 Å². The highest BCUT2D eigenvalue weighted by Gasteiger charge is 2.22. The van der Waals surface area contributed by atoms with Crippen molar-refractivity contribution >= 4 is 40.3 Å². The number of para-hydroxylation sites is 1. The summed E-state index contributed by atoms with van der Waals surface area (Å²) in [5, 5.41) is 11.2. The van der Waals surface area contributed by atoms with Gasteiger partial charge < -0.3 is 15.3 Å². The van der Waals surface area contributed by atoms with E-state index >= 15 is 0 Å². The maximum atomic E-state index is 12.3. The Morgan fingerprint density at radius 2 is 2.00 bits per heavy atom. The summed E-state index contributed by atoms with van der Waals surface area (Å²) in [6.07, 6.45) is 2.16. The molecule has 0 spiro atoms. The number of fused-ring (bicyclic) bond motifs is 1. The number of rotatable bonds is 4. The average Bonchev–Trinajstić information content (AvgIpc) is 3.18. The van der Waals surface area contributed by atoms with E-state index in [1.807, 2.05) is 13.0 Å². The van der Waals surface area contributed by atoms with Gasteiger partial charge in [-0.15, -0.1) is 11.3 Å². The number of thiazole rings is 1. The Morgan fingerprint density at radius 3 is 2.67 bits per heavy atom. The van der Waals surface area contributed by atoms with Crippen molar-refractivity contribution in [1.29, 1.82) is 0 Å². The second-order valence-electron chi connectivity index (χ2n) is 7.31. The SMILES string of the molecule is Cc1cc(N2CCC(CNC(=O)c3scnc3C)CC2)c2ccccc2n1.O=CO. The molecule has 0 aliphatic carbocycles. The van der Waals surface area contributed by atoms with E-state index in [2.05, 4.69) is 51.4 Å². The van der Waals surface area contributed by atoms with Crippen LogP contribution in [0.25, 0.3) is 10.9 Å². The Bertz CT molecular complexity index is 1010. The molecule has 2 N–H and O–H groups in total. The van der Waals surface area contributed by atoms with Gasteiger partial charge in [0.05, 0.1) is 16.7 Å². The highest BCUT2D eigenvalue weighted by atomic mass is 32.1. The zero-order chi connectivity index (χ0) is 21.5. The van der Waals surface area contributed by atoms with Crippen LogP contribution in [0.1, 0.15) is 33.9 Å². The van der Waals surface area contributed by atoms with Crippen molar-refractivity contribution in [2.75, 3.05) is 24.5 Å². The normalized spacial score (nSPS) is 14.1. The van der Waals surface area contributed by atoms with Crippen LogP contribution in [0.2, 0.25) is 0 Å². The number of aromatic nitrogens is 2. The molecule has 1 saturated heterocycles. The number of nitrogens with zero attached hydrogens (tertiary/aromatic N) is 3. The van der Waals surface area contributed by atoms with E-state index in [0.717, 1.165) is 54.3 Å². The van der Waals surface area contributed by atoms with Crippen LogP contribution in [0.3, 0.4) is 0 Å². The van der Waals surface area contributed by atoms with Crippen LogP contribution in [0.4, 0.5) is 5.69 Å². The lowest BCUT2D eigenvalue weighted by atomic mass is 9.96. The van der Waals surface area contributed by atoms with Crippen LogP contribution in [-0.4, -0.2) is 47.1 Å². The Morgan fingerprint density at radius 1 is 1.30 bits per heavy atom. The molecule has 7 nitrogen and oxygen atoms in total.